The van der Waals surface area contributed by atoms with Crippen molar-refractivity contribution in [3.05, 3.63) is 96.1 Å². The zero-order valence-corrected chi connectivity index (χ0v) is 17.4. The number of nitrogens with one attached hydrogen (secondary N) is 1. The van der Waals surface area contributed by atoms with Crippen molar-refractivity contribution < 1.29 is 19.1 Å². The number of esters is 1. The van der Waals surface area contributed by atoms with Crippen molar-refractivity contribution in [3.63, 3.8) is 0 Å². The van der Waals surface area contributed by atoms with E-state index in [2.05, 4.69) is 5.32 Å². The van der Waals surface area contributed by atoms with Crippen LogP contribution in [-0.2, 0) is 32.0 Å². The van der Waals surface area contributed by atoms with Crippen LogP contribution < -0.4 is 5.32 Å². The van der Waals surface area contributed by atoms with Gasteiger partial charge < -0.3 is 10.1 Å². The van der Waals surface area contributed by atoms with E-state index < -0.39 is 24.5 Å². The highest BCUT2D eigenvalue weighted by Crippen LogP contribution is 2.19. The van der Waals surface area contributed by atoms with Crippen molar-refractivity contribution in [2.75, 3.05) is 6.61 Å². The molecule has 0 saturated carbocycles. The number of hydrogen-bond donors (Lipinski definition) is 1. The average molecular weight is 415 g/mol. The van der Waals surface area contributed by atoms with Crippen LogP contribution in [0, 0.1) is 0 Å². The van der Waals surface area contributed by atoms with Crippen LogP contribution in [0.25, 0.3) is 11.1 Å². The van der Waals surface area contributed by atoms with Crippen molar-refractivity contribution in [3.8, 4) is 11.1 Å². The molecule has 0 aromatic heterocycles. The maximum absolute atomic E-state index is 12.2. The van der Waals surface area contributed by atoms with Crippen LogP contribution in [0.5, 0.6) is 0 Å². The Hall–Kier alpha value is -3.73. The van der Waals surface area contributed by atoms with Crippen LogP contribution in [0.3, 0.4) is 0 Å². The number of carbonyl (C=O) groups excluding carboxylic acids is 3. The van der Waals surface area contributed by atoms with E-state index >= 15 is 0 Å². The van der Waals surface area contributed by atoms with Gasteiger partial charge in [-0.3, -0.25) is 14.4 Å². The van der Waals surface area contributed by atoms with Gasteiger partial charge in [0.1, 0.15) is 0 Å². The van der Waals surface area contributed by atoms with E-state index in [-0.39, 0.29) is 12.2 Å². The van der Waals surface area contributed by atoms with Crippen molar-refractivity contribution in [1.29, 1.82) is 0 Å². The predicted octanol–water partition coefficient (Wildman–Crippen LogP) is 3.76. The quantitative estimate of drug-likeness (QED) is 0.540. The number of Topliss-reactive ketones (excluding diaryl/α,β-unsaturated/α-hetero) is 1. The van der Waals surface area contributed by atoms with Gasteiger partial charge in [0, 0.05) is 0 Å². The van der Waals surface area contributed by atoms with Gasteiger partial charge in [-0.25, -0.2) is 0 Å². The van der Waals surface area contributed by atoms with Crippen molar-refractivity contribution in [2.24, 2.45) is 0 Å². The Balaban J connectivity index is 1.47. The summed E-state index contributed by atoms with van der Waals surface area (Å²) in [6, 6.07) is 26.4. The summed E-state index contributed by atoms with van der Waals surface area (Å²) < 4.78 is 5.09. The largest absolute Gasteiger partial charge is 0.455 e. The van der Waals surface area contributed by atoms with Crippen molar-refractivity contribution >= 4 is 17.7 Å². The normalized spacial score (nSPS) is 11.4. The molecule has 3 aromatic carbocycles. The number of amides is 1. The summed E-state index contributed by atoms with van der Waals surface area (Å²) >= 11 is 0. The number of rotatable bonds is 9. The van der Waals surface area contributed by atoms with Crippen molar-refractivity contribution in [2.45, 2.75) is 25.8 Å². The van der Waals surface area contributed by atoms with Gasteiger partial charge in [-0.1, -0.05) is 84.9 Å². The van der Waals surface area contributed by atoms with E-state index in [1.807, 2.05) is 84.9 Å². The number of benzene rings is 3. The number of ether oxygens (including phenoxy) is 1. The molecule has 158 valence electrons. The second-order valence-electron chi connectivity index (χ2n) is 7.32. The molecule has 0 aliphatic carbocycles. The van der Waals surface area contributed by atoms with Crippen LogP contribution >= 0.6 is 0 Å². The molecule has 5 heteroatoms. The molecule has 0 aliphatic heterocycles. The molecular weight excluding hydrogens is 390 g/mol. The van der Waals surface area contributed by atoms with E-state index in [1.54, 1.807) is 0 Å². The maximum Gasteiger partial charge on any atom is 0.310 e. The molecule has 3 rings (SSSR count). The Kier molecular flexibility index (Phi) is 7.71. The molecule has 0 unspecified atom stereocenters. The fourth-order valence-electron chi connectivity index (χ4n) is 3.19. The second kappa shape index (κ2) is 10.9. The topological polar surface area (TPSA) is 72.5 Å². The van der Waals surface area contributed by atoms with E-state index in [0.29, 0.717) is 6.42 Å². The minimum Gasteiger partial charge on any atom is -0.455 e. The fraction of sp³-hybridized carbons (Fsp3) is 0.192. The van der Waals surface area contributed by atoms with Crippen LogP contribution in [-0.4, -0.2) is 30.3 Å². The molecule has 1 N–H and O–H groups in total. The van der Waals surface area contributed by atoms with Crippen LogP contribution in [0.1, 0.15) is 18.1 Å². The highest BCUT2D eigenvalue weighted by Gasteiger charge is 2.18. The SMILES string of the molecule is CC(=O)[C@H](Cc1ccccc1)NC(=O)COC(=O)Cc1ccc(-c2ccccc2)cc1. The molecule has 0 heterocycles. The smallest absolute Gasteiger partial charge is 0.310 e. The summed E-state index contributed by atoms with van der Waals surface area (Å²) in [5, 5.41) is 2.64. The molecule has 1 amide bonds. The predicted molar refractivity (Wildman–Crippen MR) is 119 cm³/mol. The molecule has 1 atom stereocenters. The Labute approximate surface area is 182 Å². The first-order valence-electron chi connectivity index (χ1n) is 10.1. The number of ketones is 1. The van der Waals surface area contributed by atoms with E-state index in [0.717, 1.165) is 22.3 Å². The summed E-state index contributed by atoms with van der Waals surface area (Å²) in [6.45, 7) is 1.01. The minimum atomic E-state index is -0.654. The van der Waals surface area contributed by atoms with E-state index in [4.69, 9.17) is 4.74 Å². The Morgan fingerprint density at radius 3 is 1.97 bits per heavy atom. The second-order valence-corrected chi connectivity index (χ2v) is 7.32. The lowest BCUT2D eigenvalue weighted by Crippen LogP contribution is -2.43. The van der Waals surface area contributed by atoms with Gasteiger partial charge in [-0.15, -0.1) is 0 Å². The highest BCUT2D eigenvalue weighted by molar-refractivity contribution is 5.89. The lowest BCUT2D eigenvalue weighted by molar-refractivity contribution is -0.148. The first kappa shape index (κ1) is 22.0. The highest BCUT2D eigenvalue weighted by atomic mass is 16.5. The maximum atomic E-state index is 12.2. The zero-order valence-electron chi connectivity index (χ0n) is 17.4. The van der Waals surface area contributed by atoms with Gasteiger partial charge in [0.25, 0.3) is 5.91 Å². The Morgan fingerprint density at radius 1 is 0.774 bits per heavy atom. The van der Waals surface area contributed by atoms with Gasteiger partial charge in [0.2, 0.25) is 0 Å². The standard InChI is InChI=1S/C26H25NO4/c1-19(28)24(16-20-8-4-2-5-9-20)27-25(29)18-31-26(30)17-21-12-14-23(15-13-21)22-10-6-3-7-11-22/h2-15,24H,16-18H2,1H3,(H,27,29)/t24-/m0/s1. The van der Waals surface area contributed by atoms with E-state index in [1.165, 1.54) is 6.92 Å². The van der Waals surface area contributed by atoms with Crippen LogP contribution in [0.2, 0.25) is 0 Å². The third kappa shape index (κ3) is 6.93. The molecule has 0 spiro atoms. The summed E-state index contributed by atoms with van der Waals surface area (Å²) in [7, 11) is 0. The molecule has 0 bridgehead atoms. The molecule has 0 radical (unpaired) electrons. The van der Waals surface area contributed by atoms with E-state index in [9.17, 15) is 14.4 Å². The zero-order chi connectivity index (χ0) is 22.1. The van der Waals surface area contributed by atoms with Gasteiger partial charge in [0.15, 0.2) is 12.4 Å². The number of carbonyl (C=O) groups is 3. The monoisotopic (exact) mass is 415 g/mol. The van der Waals surface area contributed by atoms with Gasteiger partial charge in [-0.2, -0.15) is 0 Å². The number of hydrogen-bond acceptors (Lipinski definition) is 4. The van der Waals surface area contributed by atoms with Crippen LogP contribution in [0.15, 0.2) is 84.9 Å². The third-order valence-corrected chi connectivity index (χ3v) is 4.88. The molecule has 31 heavy (non-hydrogen) atoms. The fourth-order valence-corrected chi connectivity index (χ4v) is 3.19. The molecule has 0 aliphatic rings. The summed E-state index contributed by atoms with van der Waals surface area (Å²) in [5.74, 6) is -1.14. The lowest BCUT2D eigenvalue weighted by Gasteiger charge is -2.16. The summed E-state index contributed by atoms with van der Waals surface area (Å²) in [4.78, 5) is 36.1. The molecule has 0 saturated heterocycles. The Morgan fingerprint density at radius 2 is 1.35 bits per heavy atom. The molecular formula is C26H25NO4. The molecule has 0 fully saturated rings. The van der Waals surface area contributed by atoms with Gasteiger partial charge in [0.05, 0.1) is 12.5 Å². The lowest BCUT2D eigenvalue weighted by atomic mass is 10.0. The third-order valence-electron chi connectivity index (χ3n) is 4.88. The van der Waals surface area contributed by atoms with Crippen LogP contribution in [0.4, 0.5) is 0 Å². The summed E-state index contributed by atoms with van der Waals surface area (Å²) in [6.07, 6.45) is 0.464. The van der Waals surface area contributed by atoms with Gasteiger partial charge >= 0.3 is 5.97 Å². The Bertz CT molecular complexity index is 1010. The van der Waals surface area contributed by atoms with Crippen molar-refractivity contribution in [1.82, 2.24) is 5.32 Å². The average Bonchev–Trinajstić information content (AvgIpc) is 2.79. The summed E-state index contributed by atoms with van der Waals surface area (Å²) in [5.41, 5.74) is 3.91. The first-order chi connectivity index (χ1) is 15.0. The minimum absolute atomic E-state index is 0.0719. The van der Waals surface area contributed by atoms with Gasteiger partial charge in [-0.05, 0) is 35.6 Å². The molecule has 5 nitrogen and oxygen atoms in total. The first-order valence-corrected chi connectivity index (χ1v) is 10.1. The molecule has 3 aromatic rings.